The number of hydrogen-bond acceptors (Lipinski definition) is 4. The Bertz CT molecular complexity index is 745. The van der Waals surface area contributed by atoms with E-state index < -0.39 is 5.97 Å². The summed E-state index contributed by atoms with van der Waals surface area (Å²) in [6.07, 6.45) is 0. The summed E-state index contributed by atoms with van der Waals surface area (Å²) >= 11 is 0. The van der Waals surface area contributed by atoms with Crippen molar-refractivity contribution in [1.82, 2.24) is 9.88 Å². The van der Waals surface area contributed by atoms with Crippen molar-refractivity contribution in [3.05, 3.63) is 45.2 Å². The number of nitrogens with one attached hydrogen (secondary N) is 1. The van der Waals surface area contributed by atoms with E-state index in [1.165, 1.54) is 7.11 Å². The van der Waals surface area contributed by atoms with Gasteiger partial charge in [0.2, 0.25) is 0 Å². The van der Waals surface area contributed by atoms with Crippen LogP contribution in [0.15, 0.2) is 23.0 Å². The smallest absolute Gasteiger partial charge is 0.337 e. The van der Waals surface area contributed by atoms with Gasteiger partial charge in [0.15, 0.2) is 5.43 Å². The summed E-state index contributed by atoms with van der Waals surface area (Å²) in [5.41, 5.74) is 2.72. The minimum absolute atomic E-state index is 0.0242. The van der Waals surface area contributed by atoms with Gasteiger partial charge in [-0.05, 0) is 38.2 Å². The molecule has 118 valence electrons. The van der Waals surface area contributed by atoms with E-state index in [2.05, 4.69) is 23.7 Å². The summed E-state index contributed by atoms with van der Waals surface area (Å²) < 4.78 is 4.72. The molecule has 0 fully saturated rings. The summed E-state index contributed by atoms with van der Waals surface area (Å²) in [6.45, 7) is 8.43. The van der Waals surface area contributed by atoms with E-state index in [1.54, 1.807) is 18.2 Å². The number of H-pyrrole nitrogens is 1. The predicted molar refractivity (Wildman–Crippen MR) is 87.3 cm³/mol. The van der Waals surface area contributed by atoms with Crippen molar-refractivity contribution >= 4 is 16.9 Å². The standard InChI is InChI=1S/C17H22N2O3/c1-5-19(6-2)10-14-11(3)18-15-8-7-12(17(21)22-4)9-13(15)16(14)20/h7-9H,5-6,10H2,1-4H3,(H,18,20). The van der Waals surface area contributed by atoms with Crippen LogP contribution < -0.4 is 5.43 Å². The second-order valence-electron chi connectivity index (χ2n) is 5.27. The Morgan fingerprint density at radius 2 is 1.95 bits per heavy atom. The minimum atomic E-state index is -0.438. The molecule has 0 aliphatic carbocycles. The Morgan fingerprint density at radius 1 is 1.27 bits per heavy atom. The number of carbonyl (C=O) groups excluding carboxylic acids is 1. The summed E-state index contributed by atoms with van der Waals surface area (Å²) in [5, 5.41) is 0.524. The molecule has 0 saturated carbocycles. The van der Waals surface area contributed by atoms with Gasteiger partial charge < -0.3 is 9.72 Å². The Morgan fingerprint density at radius 3 is 2.55 bits per heavy atom. The fourth-order valence-electron chi connectivity index (χ4n) is 2.56. The summed E-state index contributed by atoms with van der Waals surface area (Å²) in [7, 11) is 1.33. The summed E-state index contributed by atoms with van der Waals surface area (Å²) in [4.78, 5) is 29.9. The van der Waals surface area contributed by atoms with Crippen LogP contribution in [-0.2, 0) is 11.3 Å². The number of methoxy groups -OCH3 is 1. The predicted octanol–water partition coefficient (Wildman–Crippen LogP) is 2.46. The third-order valence-corrected chi connectivity index (χ3v) is 4.01. The number of nitrogens with zero attached hydrogens (tertiary/aromatic N) is 1. The highest BCUT2D eigenvalue weighted by Gasteiger charge is 2.14. The largest absolute Gasteiger partial charge is 0.465 e. The first kappa shape index (κ1) is 16.2. The van der Waals surface area contributed by atoms with Crippen LogP contribution >= 0.6 is 0 Å². The van der Waals surface area contributed by atoms with E-state index in [-0.39, 0.29) is 5.43 Å². The molecule has 0 spiro atoms. The fraction of sp³-hybridized carbons (Fsp3) is 0.412. The molecule has 0 amide bonds. The lowest BCUT2D eigenvalue weighted by atomic mass is 10.1. The molecule has 0 atom stereocenters. The second-order valence-corrected chi connectivity index (χ2v) is 5.27. The lowest BCUT2D eigenvalue weighted by molar-refractivity contribution is 0.0601. The Hall–Kier alpha value is -2.14. The number of aromatic nitrogens is 1. The van der Waals surface area contributed by atoms with Gasteiger partial charge in [0.1, 0.15) is 0 Å². The number of fused-ring (bicyclic) bond motifs is 1. The van der Waals surface area contributed by atoms with E-state index >= 15 is 0 Å². The van der Waals surface area contributed by atoms with Gasteiger partial charge in [-0.1, -0.05) is 13.8 Å². The molecule has 0 radical (unpaired) electrons. The topological polar surface area (TPSA) is 62.4 Å². The normalized spacial score (nSPS) is 11.1. The molecule has 0 unspecified atom stereocenters. The number of aromatic amines is 1. The highest BCUT2D eigenvalue weighted by atomic mass is 16.5. The third kappa shape index (κ3) is 3.04. The first-order valence-electron chi connectivity index (χ1n) is 7.48. The first-order chi connectivity index (χ1) is 10.5. The molecule has 0 aliphatic heterocycles. The number of aryl methyl sites for hydroxylation is 1. The van der Waals surface area contributed by atoms with Crippen molar-refractivity contribution in [2.45, 2.75) is 27.3 Å². The van der Waals surface area contributed by atoms with E-state index in [0.29, 0.717) is 17.5 Å². The maximum atomic E-state index is 12.8. The molecular formula is C17H22N2O3. The van der Waals surface area contributed by atoms with Gasteiger partial charge in [0, 0.05) is 28.7 Å². The molecule has 5 nitrogen and oxygen atoms in total. The molecule has 1 N–H and O–H groups in total. The second kappa shape index (κ2) is 6.75. The minimum Gasteiger partial charge on any atom is -0.465 e. The van der Waals surface area contributed by atoms with Crippen molar-refractivity contribution in [1.29, 1.82) is 0 Å². The molecule has 0 aliphatic rings. The molecule has 0 bridgehead atoms. The van der Waals surface area contributed by atoms with Crippen LogP contribution in [-0.4, -0.2) is 36.1 Å². The van der Waals surface area contributed by atoms with Crippen LogP contribution in [0.2, 0.25) is 0 Å². The van der Waals surface area contributed by atoms with Crippen molar-refractivity contribution in [3.63, 3.8) is 0 Å². The van der Waals surface area contributed by atoms with Crippen LogP contribution in [0.3, 0.4) is 0 Å². The lowest BCUT2D eigenvalue weighted by Gasteiger charge is -2.19. The van der Waals surface area contributed by atoms with Gasteiger partial charge in [-0.15, -0.1) is 0 Å². The number of rotatable bonds is 5. The number of esters is 1. The Labute approximate surface area is 129 Å². The number of hydrogen-bond donors (Lipinski definition) is 1. The number of pyridine rings is 1. The molecule has 2 aromatic rings. The molecule has 1 heterocycles. The van der Waals surface area contributed by atoms with Crippen LogP contribution in [0.5, 0.6) is 0 Å². The maximum absolute atomic E-state index is 12.8. The van der Waals surface area contributed by atoms with Crippen LogP contribution in [0.1, 0.15) is 35.5 Å². The zero-order chi connectivity index (χ0) is 16.3. The molecule has 2 rings (SSSR count). The maximum Gasteiger partial charge on any atom is 0.337 e. The monoisotopic (exact) mass is 302 g/mol. The van der Waals surface area contributed by atoms with Gasteiger partial charge in [-0.25, -0.2) is 4.79 Å². The quantitative estimate of drug-likeness (QED) is 0.862. The van der Waals surface area contributed by atoms with Gasteiger partial charge >= 0.3 is 5.97 Å². The van der Waals surface area contributed by atoms with Gasteiger partial charge in [-0.2, -0.15) is 0 Å². The van der Waals surface area contributed by atoms with Crippen molar-refractivity contribution < 1.29 is 9.53 Å². The van der Waals surface area contributed by atoms with E-state index in [4.69, 9.17) is 4.74 Å². The van der Waals surface area contributed by atoms with E-state index in [9.17, 15) is 9.59 Å². The SMILES string of the molecule is CCN(CC)Cc1c(C)[nH]c2ccc(C(=O)OC)cc2c1=O. The summed E-state index contributed by atoms with van der Waals surface area (Å²) in [5.74, 6) is -0.438. The van der Waals surface area contributed by atoms with Crippen molar-refractivity contribution in [2.24, 2.45) is 0 Å². The van der Waals surface area contributed by atoms with Crippen LogP contribution in [0.4, 0.5) is 0 Å². The van der Waals surface area contributed by atoms with E-state index in [0.717, 1.165) is 29.9 Å². The zero-order valence-corrected chi connectivity index (χ0v) is 13.5. The van der Waals surface area contributed by atoms with E-state index in [1.807, 2.05) is 6.92 Å². The zero-order valence-electron chi connectivity index (χ0n) is 13.5. The number of carbonyl (C=O) groups is 1. The molecular weight excluding hydrogens is 280 g/mol. The Balaban J connectivity index is 2.58. The average molecular weight is 302 g/mol. The van der Waals surface area contributed by atoms with Crippen LogP contribution in [0, 0.1) is 6.92 Å². The first-order valence-corrected chi connectivity index (χ1v) is 7.48. The molecule has 1 aromatic heterocycles. The van der Waals surface area contributed by atoms with Crippen molar-refractivity contribution in [2.75, 3.05) is 20.2 Å². The van der Waals surface area contributed by atoms with Crippen molar-refractivity contribution in [3.8, 4) is 0 Å². The average Bonchev–Trinajstić information content (AvgIpc) is 2.54. The third-order valence-electron chi connectivity index (χ3n) is 4.01. The van der Waals surface area contributed by atoms with Gasteiger partial charge in [0.05, 0.1) is 12.7 Å². The molecule has 5 heteroatoms. The molecule has 0 saturated heterocycles. The summed E-state index contributed by atoms with van der Waals surface area (Å²) in [6, 6.07) is 5.01. The lowest BCUT2D eigenvalue weighted by Crippen LogP contribution is -2.27. The highest BCUT2D eigenvalue weighted by molar-refractivity contribution is 5.94. The Kier molecular flexibility index (Phi) is 4.98. The van der Waals surface area contributed by atoms with Crippen LogP contribution in [0.25, 0.3) is 10.9 Å². The van der Waals surface area contributed by atoms with Gasteiger partial charge in [0.25, 0.3) is 0 Å². The number of benzene rings is 1. The molecule has 1 aromatic carbocycles. The molecule has 22 heavy (non-hydrogen) atoms. The van der Waals surface area contributed by atoms with Gasteiger partial charge in [-0.3, -0.25) is 9.69 Å². The number of ether oxygens (including phenoxy) is 1. The highest BCUT2D eigenvalue weighted by Crippen LogP contribution is 2.15. The fourth-order valence-corrected chi connectivity index (χ4v) is 2.56.